The van der Waals surface area contributed by atoms with Crippen LogP contribution in [0.4, 0.5) is 13.2 Å². The van der Waals surface area contributed by atoms with Crippen LogP contribution in [0, 0.1) is 6.92 Å². The molecule has 2 N–H and O–H groups in total. The van der Waals surface area contributed by atoms with Crippen molar-refractivity contribution in [2.75, 3.05) is 0 Å². The molecule has 128 valence electrons. The maximum atomic E-state index is 12.9. The number of hydrogen-bond donors (Lipinski definition) is 2. The first-order valence-corrected chi connectivity index (χ1v) is 7.49. The van der Waals surface area contributed by atoms with E-state index in [-0.39, 0.29) is 27.9 Å². The minimum Gasteiger partial charge on any atom is -0.506 e. The largest absolute Gasteiger partial charge is 0.506 e. The van der Waals surface area contributed by atoms with Crippen molar-refractivity contribution in [2.45, 2.75) is 19.6 Å². The molecule has 0 heterocycles. The van der Waals surface area contributed by atoms with Crippen molar-refractivity contribution < 1.29 is 23.1 Å². The van der Waals surface area contributed by atoms with E-state index in [0.717, 1.165) is 12.1 Å². The second-order valence-corrected chi connectivity index (χ2v) is 5.82. The van der Waals surface area contributed by atoms with Gasteiger partial charge in [0.1, 0.15) is 5.75 Å². The summed E-state index contributed by atoms with van der Waals surface area (Å²) in [5.41, 5.74) is -0.873. The Kier molecular flexibility index (Phi) is 5.30. The number of hydrogen-bond acceptors (Lipinski definition) is 2. The lowest BCUT2D eigenvalue weighted by molar-refractivity contribution is -0.137. The van der Waals surface area contributed by atoms with Crippen LogP contribution in [0.1, 0.15) is 27.0 Å². The molecule has 0 saturated carbocycles. The van der Waals surface area contributed by atoms with Gasteiger partial charge in [0.05, 0.1) is 16.1 Å². The first-order chi connectivity index (χ1) is 11.1. The fraction of sp³-hybridized carbons (Fsp3) is 0.188. The van der Waals surface area contributed by atoms with Crippen molar-refractivity contribution in [1.82, 2.24) is 5.32 Å². The predicted octanol–water partition coefficient (Wildman–Crippen LogP) is 4.96. The van der Waals surface area contributed by atoms with Gasteiger partial charge in [-0.15, -0.1) is 0 Å². The van der Waals surface area contributed by atoms with Gasteiger partial charge in [-0.1, -0.05) is 35.3 Å². The van der Waals surface area contributed by atoms with Crippen molar-refractivity contribution in [1.29, 1.82) is 0 Å². The van der Waals surface area contributed by atoms with Crippen LogP contribution in [0.15, 0.2) is 30.3 Å². The molecule has 0 unspecified atom stereocenters. The molecular weight excluding hydrogens is 366 g/mol. The third-order valence-electron chi connectivity index (χ3n) is 3.42. The fourth-order valence-corrected chi connectivity index (χ4v) is 2.58. The zero-order valence-electron chi connectivity index (χ0n) is 12.3. The number of phenols is 1. The van der Waals surface area contributed by atoms with Crippen molar-refractivity contribution in [2.24, 2.45) is 0 Å². The van der Waals surface area contributed by atoms with Gasteiger partial charge in [-0.3, -0.25) is 4.79 Å². The van der Waals surface area contributed by atoms with E-state index in [1.54, 1.807) is 6.92 Å². The standard InChI is InChI=1S/C16H12Cl2F3NO2/c1-8-12(17)6-9(14(23)13(8)18)7-22-15(24)10-4-2-3-5-11(10)16(19,20)21/h2-6,23H,7H2,1H3,(H,22,24). The maximum absolute atomic E-state index is 12.9. The average Bonchev–Trinajstić information content (AvgIpc) is 2.54. The molecule has 2 rings (SSSR count). The number of amides is 1. The molecule has 2 aromatic carbocycles. The minimum absolute atomic E-state index is 0.0300. The first-order valence-electron chi connectivity index (χ1n) is 6.73. The number of carbonyl (C=O) groups is 1. The van der Waals surface area contributed by atoms with Gasteiger partial charge in [-0.2, -0.15) is 13.2 Å². The van der Waals surface area contributed by atoms with E-state index >= 15 is 0 Å². The Labute approximate surface area is 146 Å². The van der Waals surface area contributed by atoms with Crippen LogP contribution in [0.25, 0.3) is 0 Å². The third-order valence-corrected chi connectivity index (χ3v) is 4.27. The fourth-order valence-electron chi connectivity index (χ4n) is 2.09. The number of carbonyl (C=O) groups excluding carboxylic acids is 1. The van der Waals surface area contributed by atoms with Crippen molar-refractivity contribution in [3.8, 4) is 5.75 Å². The molecular formula is C16H12Cl2F3NO2. The molecule has 0 saturated heterocycles. The molecule has 0 aliphatic heterocycles. The maximum Gasteiger partial charge on any atom is 0.417 e. The number of nitrogens with one attached hydrogen (secondary N) is 1. The van der Waals surface area contributed by atoms with E-state index in [1.165, 1.54) is 18.2 Å². The van der Waals surface area contributed by atoms with E-state index in [9.17, 15) is 23.1 Å². The quantitative estimate of drug-likeness (QED) is 0.794. The lowest BCUT2D eigenvalue weighted by atomic mass is 10.1. The van der Waals surface area contributed by atoms with Gasteiger partial charge in [0.15, 0.2) is 0 Å². The van der Waals surface area contributed by atoms with Gasteiger partial charge in [0.2, 0.25) is 0 Å². The Morgan fingerprint density at radius 1 is 1.25 bits per heavy atom. The Hall–Kier alpha value is -1.92. The van der Waals surface area contributed by atoms with Crippen LogP contribution in [0.3, 0.4) is 0 Å². The van der Waals surface area contributed by atoms with E-state index < -0.39 is 23.2 Å². The SMILES string of the molecule is Cc1c(Cl)cc(CNC(=O)c2ccccc2C(F)(F)F)c(O)c1Cl. The highest BCUT2D eigenvalue weighted by atomic mass is 35.5. The summed E-state index contributed by atoms with van der Waals surface area (Å²) in [5.74, 6) is -1.20. The Balaban J connectivity index is 2.25. The molecule has 8 heteroatoms. The number of alkyl halides is 3. The summed E-state index contributed by atoms with van der Waals surface area (Å²) in [7, 11) is 0. The monoisotopic (exact) mass is 377 g/mol. The predicted molar refractivity (Wildman–Crippen MR) is 85.5 cm³/mol. The highest BCUT2D eigenvalue weighted by Gasteiger charge is 2.34. The van der Waals surface area contributed by atoms with Crippen molar-refractivity contribution in [3.05, 3.63) is 62.6 Å². The summed E-state index contributed by atoms with van der Waals surface area (Å²) in [6, 6.07) is 5.83. The van der Waals surface area contributed by atoms with Gasteiger partial charge in [-0.25, -0.2) is 0 Å². The Morgan fingerprint density at radius 3 is 2.50 bits per heavy atom. The molecule has 1 amide bonds. The molecule has 0 bridgehead atoms. The topological polar surface area (TPSA) is 49.3 Å². The van der Waals surface area contributed by atoms with Crippen molar-refractivity contribution in [3.63, 3.8) is 0 Å². The van der Waals surface area contributed by atoms with E-state index in [2.05, 4.69) is 5.32 Å². The second kappa shape index (κ2) is 6.91. The summed E-state index contributed by atoms with van der Waals surface area (Å²) < 4.78 is 38.8. The van der Waals surface area contributed by atoms with Crippen LogP contribution >= 0.6 is 23.2 Å². The average molecular weight is 378 g/mol. The molecule has 0 spiro atoms. The molecule has 0 aliphatic rings. The highest BCUT2D eigenvalue weighted by Crippen LogP contribution is 2.36. The summed E-state index contributed by atoms with van der Waals surface area (Å²) in [5, 5.41) is 12.6. The number of aromatic hydroxyl groups is 1. The normalized spacial score (nSPS) is 11.4. The molecule has 24 heavy (non-hydrogen) atoms. The molecule has 0 fully saturated rings. The van der Waals surface area contributed by atoms with Gasteiger partial charge in [-0.05, 0) is 30.7 Å². The number of phenolic OH excluding ortho intramolecular Hbond substituents is 1. The number of halogens is 5. The Bertz CT molecular complexity index is 792. The number of rotatable bonds is 3. The Morgan fingerprint density at radius 2 is 1.88 bits per heavy atom. The molecule has 0 radical (unpaired) electrons. The molecule has 3 nitrogen and oxygen atoms in total. The lowest BCUT2D eigenvalue weighted by Gasteiger charge is -2.14. The van der Waals surface area contributed by atoms with E-state index in [0.29, 0.717) is 5.56 Å². The van der Waals surface area contributed by atoms with Gasteiger partial charge < -0.3 is 10.4 Å². The smallest absolute Gasteiger partial charge is 0.417 e. The second-order valence-electron chi connectivity index (χ2n) is 5.03. The molecule has 0 aromatic heterocycles. The lowest BCUT2D eigenvalue weighted by Crippen LogP contribution is -2.26. The van der Waals surface area contributed by atoms with Crippen LogP contribution in [0.5, 0.6) is 5.75 Å². The molecule has 2 aromatic rings. The van der Waals surface area contributed by atoms with Crippen LogP contribution < -0.4 is 5.32 Å². The van der Waals surface area contributed by atoms with Gasteiger partial charge in [0.25, 0.3) is 5.91 Å². The van der Waals surface area contributed by atoms with Gasteiger partial charge in [0, 0.05) is 17.1 Å². The zero-order valence-corrected chi connectivity index (χ0v) is 13.9. The van der Waals surface area contributed by atoms with E-state index in [1.807, 2.05) is 0 Å². The van der Waals surface area contributed by atoms with Gasteiger partial charge >= 0.3 is 6.18 Å². The summed E-state index contributed by atoms with van der Waals surface area (Å²) in [4.78, 5) is 12.1. The summed E-state index contributed by atoms with van der Waals surface area (Å²) in [6.45, 7) is 1.38. The molecule has 0 aliphatic carbocycles. The minimum atomic E-state index is -4.65. The van der Waals surface area contributed by atoms with Crippen LogP contribution in [0.2, 0.25) is 10.0 Å². The van der Waals surface area contributed by atoms with Crippen LogP contribution in [-0.4, -0.2) is 11.0 Å². The summed E-state index contributed by atoms with van der Waals surface area (Å²) in [6.07, 6.45) is -4.65. The molecule has 0 atom stereocenters. The third kappa shape index (κ3) is 3.76. The summed E-state index contributed by atoms with van der Waals surface area (Å²) >= 11 is 11.9. The van der Waals surface area contributed by atoms with Crippen molar-refractivity contribution >= 4 is 29.1 Å². The highest BCUT2D eigenvalue weighted by molar-refractivity contribution is 6.37. The number of benzene rings is 2. The van der Waals surface area contributed by atoms with Crippen LogP contribution in [-0.2, 0) is 12.7 Å². The zero-order chi connectivity index (χ0) is 18.1. The van der Waals surface area contributed by atoms with E-state index in [4.69, 9.17) is 23.2 Å². The first kappa shape index (κ1) is 18.4.